The van der Waals surface area contributed by atoms with Crippen LogP contribution >= 0.6 is 23.2 Å². The van der Waals surface area contributed by atoms with E-state index in [1.54, 1.807) is 18.2 Å². The van der Waals surface area contributed by atoms with Crippen molar-refractivity contribution in [3.05, 3.63) is 33.8 Å². The number of carbonyl (C=O) groups excluding carboxylic acids is 2. The van der Waals surface area contributed by atoms with Gasteiger partial charge >= 0.3 is 0 Å². The fourth-order valence-corrected chi connectivity index (χ4v) is 3.93. The second kappa shape index (κ2) is 7.96. The fourth-order valence-electron chi connectivity index (χ4n) is 3.63. The Morgan fingerprint density at radius 2 is 1.52 bits per heavy atom. The minimum absolute atomic E-state index is 0.0451. The zero-order chi connectivity index (χ0) is 18.0. The topological polar surface area (TPSA) is 40.6 Å². The Hall–Kier alpha value is -1.26. The van der Waals surface area contributed by atoms with Crippen molar-refractivity contribution in [2.24, 2.45) is 11.8 Å². The van der Waals surface area contributed by atoms with Crippen LogP contribution in [0, 0.1) is 11.8 Å². The van der Waals surface area contributed by atoms with E-state index in [9.17, 15) is 9.59 Å². The highest BCUT2D eigenvalue weighted by Crippen LogP contribution is 2.26. The molecule has 0 radical (unpaired) electrons. The van der Waals surface area contributed by atoms with Gasteiger partial charge in [0.1, 0.15) is 0 Å². The minimum atomic E-state index is -0.0451. The van der Waals surface area contributed by atoms with Gasteiger partial charge in [-0.1, -0.05) is 30.1 Å². The Labute approximate surface area is 159 Å². The average Bonchev–Trinajstić information content (AvgIpc) is 2.63. The molecule has 0 bridgehead atoms. The van der Waals surface area contributed by atoms with E-state index in [4.69, 9.17) is 23.2 Å². The summed E-state index contributed by atoms with van der Waals surface area (Å²) in [4.78, 5) is 29.1. The van der Waals surface area contributed by atoms with E-state index in [-0.39, 0.29) is 17.7 Å². The zero-order valence-corrected chi connectivity index (χ0v) is 16.0. The Morgan fingerprint density at radius 3 is 2.12 bits per heavy atom. The van der Waals surface area contributed by atoms with E-state index < -0.39 is 0 Å². The molecule has 25 heavy (non-hydrogen) atoms. The van der Waals surface area contributed by atoms with Gasteiger partial charge in [-0.3, -0.25) is 9.59 Å². The number of carbonyl (C=O) groups is 2. The number of hydrogen-bond donors (Lipinski definition) is 0. The van der Waals surface area contributed by atoms with Crippen molar-refractivity contribution in [2.75, 3.05) is 26.2 Å². The molecule has 2 amide bonds. The average molecular weight is 383 g/mol. The monoisotopic (exact) mass is 382 g/mol. The summed E-state index contributed by atoms with van der Waals surface area (Å²) in [5, 5.41) is 0.829. The number of halogens is 2. The number of piperidine rings is 2. The lowest BCUT2D eigenvalue weighted by atomic mass is 9.92. The highest BCUT2D eigenvalue weighted by molar-refractivity contribution is 6.42. The summed E-state index contributed by atoms with van der Waals surface area (Å²) in [5.74, 6) is 0.991. The van der Waals surface area contributed by atoms with E-state index in [2.05, 4.69) is 6.92 Å². The van der Waals surface area contributed by atoms with Gasteiger partial charge in [0.15, 0.2) is 0 Å². The zero-order valence-electron chi connectivity index (χ0n) is 14.5. The summed E-state index contributed by atoms with van der Waals surface area (Å²) in [6.45, 7) is 5.22. The van der Waals surface area contributed by atoms with E-state index in [0.717, 1.165) is 44.7 Å². The molecule has 3 rings (SSSR count). The molecule has 2 saturated heterocycles. The first-order valence-electron chi connectivity index (χ1n) is 8.99. The van der Waals surface area contributed by atoms with Gasteiger partial charge < -0.3 is 9.80 Å². The lowest BCUT2D eigenvalue weighted by molar-refractivity contribution is -0.138. The van der Waals surface area contributed by atoms with Crippen molar-refractivity contribution in [3.63, 3.8) is 0 Å². The number of likely N-dealkylation sites (tertiary alicyclic amines) is 2. The molecule has 0 aromatic heterocycles. The summed E-state index contributed by atoms with van der Waals surface area (Å²) in [5.41, 5.74) is 0.546. The summed E-state index contributed by atoms with van der Waals surface area (Å²) in [6.07, 6.45) is 3.66. The van der Waals surface area contributed by atoms with E-state index in [0.29, 0.717) is 28.7 Å². The van der Waals surface area contributed by atoms with Gasteiger partial charge in [-0.05, 0) is 49.8 Å². The second-order valence-corrected chi connectivity index (χ2v) is 8.02. The second-order valence-electron chi connectivity index (χ2n) is 7.20. The molecule has 2 heterocycles. The van der Waals surface area contributed by atoms with Gasteiger partial charge in [-0.25, -0.2) is 0 Å². The van der Waals surface area contributed by atoms with Gasteiger partial charge in [0.25, 0.3) is 5.91 Å². The third kappa shape index (κ3) is 4.29. The van der Waals surface area contributed by atoms with Gasteiger partial charge in [-0.2, -0.15) is 0 Å². The number of benzene rings is 1. The molecule has 2 aliphatic heterocycles. The van der Waals surface area contributed by atoms with Crippen LogP contribution in [0.15, 0.2) is 18.2 Å². The Kier molecular flexibility index (Phi) is 5.90. The van der Waals surface area contributed by atoms with Crippen LogP contribution in [-0.2, 0) is 4.79 Å². The first kappa shape index (κ1) is 18.5. The Balaban J connectivity index is 1.55. The predicted molar refractivity (Wildman–Crippen MR) is 100 cm³/mol. The maximum atomic E-state index is 12.7. The SMILES string of the molecule is CC1CCN(C(=O)C2CCN(C(=O)c3ccc(Cl)c(Cl)c3)CC2)CC1. The summed E-state index contributed by atoms with van der Waals surface area (Å²) >= 11 is 11.9. The quantitative estimate of drug-likeness (QED) is 0.772. The van der Waals surface area contributed by atoms with Crippen molar-refractivity contribution in [1.29, 1.82) is 0 Å². The molecule has 0 unspecified atom stereocenters. The van der Waals surface area contributed by atoms with Crippen LogP contribution in [0.3, 0.4) is 0 Å². The van der Waals surface area contributed by atoms with Crippen molar-refractivity contribution < 1.29 is 9.59 Å². The van der Waals surface area contributed by atoms with Gasteiger partial charge in [-0.15, -0.1) is 0 Å². The first-order valence-corrected chi connectivity index (χ1v) is 9.74. The van der Waals surface area contributed by atoms with Crippen LogP contribution in [0.1, 0.15) is 43.0 Å². The first-order chi connectivity index (χ1) is 12.0. The van der Waals surface area contributed by atoms with Crippen molar-refractivity contribution in [3.8, 4) is 0 Å². The molecular formula is C19H24Cl2N2O2. The minimum Gasteiger partial charge on any atom is -0.342 e. The van der Waals surface area contributed by atoms with Crippen molar-refractivity contribution in [2.45, 2.75) is 32.6 Å². The molecule has 1 aromatic carbocycles. The van der Waals surface area contributed by atoms with Gasteiger partial charge in [0.05, 0.1) is 10.0 Å². The fraction of sp³-hybridized carbons (Fsp3) is 0.579. The molecule has 4 nitrogen and oxygen atoms in total. The highest BCUT2D eigenvalue weighted by Gasteiger charge is 2.31. The molecule has 1 aromatic rings. The molecule has 0 aliphatic carbocycles. The van der Waals surface area contributed by atoms with Crippen LogP contribution in [0.2, 0.25) is 10.0 Å². The van der Waals surface area contributed by atoms with Crippen LogP contribution < -0.4 is 0 Å². The standard InChI is InChI=1S/C19H24Cl2N2O2/c1-13-4-8-22(9-5-13)18(24)14-6-10-23(11-7-14)19(25)15-2-3-16(20)17(21)12-15/h2-3,12-14H,4-11H2,1H3. The molecule has 0 atom stereocenters. The van der Waals surface area contributed by atoms with Crippen LogP contribution in [0.5, 0.6) is 0 Å². The van der Waals surface area contributed by atoms with Crippen LogP contribution in [0.4, 0.5) is 0 Å². The molecule has 0 N–H and O–H groups in total. The molecule has 2 fully saturated rings. The Bertz CT molecular complexity index is 649. The summed E-state index contributed by atoms with van der Waals surface area (Å²) in [7, 11) is 0. The molecule has 136 valence electrons. The number of rotatable bonds is 2. The normalized spacial score (nSPS) is 20.0. The lowest BCUT2D eigenvalue weighted by Gasteiger charge is -2.36. The molecular weight excluding hydrogens is 359 g/mol. The maximum absolute atomic E-state index is 12.7. The molecule has 2 aliphatic rings. The van der Waals surface area contributed by atoms with Gasteiger partial charge in [0, 0.05) is 37.7 Å². The largest absolute Gasteiger partial charge is 0.342 e. The third-order valence-electron chi connectivity index (χ3n) is 5.39. The van der Waals surface area contributed by atoms with E-state index in [1.165, 1.54) is 0 Å². The van der Waals surface area contributed by atoms with Gasteiger partial charge in [0.2, 0.25) is 5.91 Å². The van der Waals surface area contributed by atoms with E-state index in [1.807, 2.05) is 9.80 Å². The van der Waals surface area contributed by atoms with Crippen LogP contribution in [0.25, 0.3) is 0 Å². The predicted octanol–water partition coefficient (Wildman–Crippen LogP) is 4.10. The van der Waals surface area contributed by atoms with Crippen LogP contribution in [-0.4, -0.2) is 47.8 Å². The number of hydrogen-bond acceptors (Lipinski definition) is 2. The highest BCUT2D eigenvalue weighted by atomic mass is 35.5. The molecule has 0 saturated carbocycles. The summed E-state index contributed by atoms with van der Waals surface area (Å²) in [6, 6.07) is 4.95. The van der Waals surface area contributed by atoms with E-state index >= 15 is 0 Å². The Morgan fingerprint density at radius 1 is 0.920 bits per heavy atom. The number of amides is 2. The molecule has 6 heteroatoms. The third-order valence-corrected chi connectivity index (χ3v) is 6.13. The lowest BCUT2D eigenvalue weighted by Crippen LogP contribution is -2.46. The summed E-state index contributed by atoms with van der Waals surface area (Å²) < 4.78 is 0. The number of nitrogens with zero attached hydrogens (tertiary/aromatic N) is 2. The maximum Gasteiger partial charge on any atom is 0.253 e. The van der Waals surface area contributed by atoms with Crippen molar-refractivity contribution >= 4 is 35.0 Å². The van der Waals surface area contributed by atoms with Crippen molar-refractivity contribution in [1.82, 2.24) is 9.80 Å². The smallest absolute Gasteiger partial charge is 0.253 e. The molecule has 0 spiro atoms.